The number of nitriles is 1. The van der Waals surface area contributed by atoms with E-state index >= 15 is 0 Å². The summed E-state index contributed by atoms with van der Waals surface area (Å²) < 4.78 is 128. The number of para-hydroxylation sites is 2. The van der Waals surface area contributed by atoms with Gasteiger partial charge in [0.25, 0.3) is 0 Å². The first-order valence-corrected chi connectivity index (χ1v) is 15.6. The number of aromatic nitrogens is 2. The summed E-state index contributed by atoms with van der Waals surface area (Å²) in [7, 11) is 0. The molecule has 258 valence electrons. The second-order valence-corrected chi connectivity index (χ2v) is 12.2. The Bertz CT molecular complexity index is 2770. The molecule has 52 heavy (non-hydrogen) atoms. The van der Waals surface area contributed by atoms with Gasteiger partial charge in [-0.2, -0.15) is 44.8 Å². The lowest BCUT2D eigenvalue weighted by molar-refractivity contribution is -0.138. The van der Waals surface area contributed by atoms with Crippen LogP contribution >= 0.6 is 0 Å². The molecule has 0 N–H and O–H groups in total. The van der Waals surface area contributed by atoms with E-state index in [4.69, 9.17) is 0 Å². The van der Waals surface area contributed by atoms with Crippen LogP contribution in [0.2, 0.25) is 0 Å². The van der Waals surface area contributed by atoms with Crippen molar-refractivity contribution in [3.63, 3.8) is 0 Å². The summed E-state index contributed by atoms with van der Waals surface area (Å²) in [6.45, 7) is 0. The molecule has 0 unspecified atom stereocenters. The molecule has 2 aromatic heterocycles. The molecule has 12 heteroatoms. The zero-order valence-electron chi connectivity index (χ0n) is 26.3. The molecule has 8 aromatic rings. The van der Waals surface area contributed by atoms with Crippen LogP contribution in [0, 0.1) is 11.3 Å². The molecule has 0 amide bonds. The Morgan fingerprint density at radius 2 is 0.865 bits per heavy atom. The smallest absolute Gasteiger partial charge is 0.307 e. The van der Waals surface area contributed by atoms with Gasteiger partial charge in [-0.15, -0.1) is 0 Å². The summed E-state index contributed by atoms with van der Waals surface area (Å²) in [5, 5.41) is 11.8. The Hall–Kier alpha value is -6.22. The Kier molecular flexibility index (Phi) is 7.22. The molecule has 0 atom stereocenters. The molecule has 8 rings (SSSR count). The molecule has 0 aliphatic carbocycles. The van der Waals surface area contributed by atoms with Crippen LogP contribution in [0.5, 0.6) is 0 Å². The van der Waals surface area contributed by atoms with Gasteiger partial charge in [0.05, 0.1) is 61.8 Å². The predicted molar refractivity (Wildman–Crippen MR) is 180 cm³/mol. The Labute approximate surface area is 288 Å². The van der Waals surface area contributed by atoms with Crippen molar-refractivity contribution in [2.75, 3.05) is 0 Å². The highest BCUT2D eigenvalue weighted by molar-refractivity contribution is 6.12. The normalized spacial score (nSPS) is 12.7. The minimum absolute atomic E-state index is 0.0453. The molecular weight excluding hydrogens is 693 g/mol. The minimum atomic E-state index is -4.70. The second-order valence-electron chi connectivity index (χ2n) is 12.2. The highest BCUT2D eigenvalue weighted by Gasteiger charge is 2.34. The zero-order valence-corrected chi connectivity index (χ0v) is 26.3. The van der Waals surface area contributed by atoms with Crippen molar-refractivity contribution in [2.45, 2.75) is 18.5 Å². The lowest BCUT2D eigenvalue weighted by atomic mass is 9.96. The fourth-order valence-electron chi connectivity index (χ4n) is 6.95. The van der Waals surface area contributed by atoms with E-state index in [0.717, 1.165) is 36.4 Å². The van der Waals surface area contributed by atoms with Crippen LogP contribution in [-0.2, 0) is 18.5 Å². The van der Waals surface area contributed by atoms with Crippen LogP contribution in [0.25, 0.3) is 66.1 Å². The van der Waals surface area contributed by atoms with Gasteiger partial charge < -0.3 is 9.13 Å². The molecule has 0 bridgehead atoms. The number of alkyl halides is 9. The van der Waals surface area contributed by atoms with Crippen molar-refractivity contribution in [2.24, 2.45) is 0 Å². The molecule has 3 nitrogen and oxygen atoms in total. The monoisotopic (exact) mass is 713 g/mol. The van der Waals surface area contributed by atoms with E-state index in [1.165, 1.54) is 36.4 Å². The van der Waals surface area contributed by atoms with Crippen molar-refractivity contribution in [1.82, 2.24) is 9.13 Å². The van der Waals surface area contributed by atoms with Gasteiger partial charge in [-0.1, -0.05) is 48.5 Å². The van der Waals surface area contributed by atoms with Crippen molar-refractivity contribution >= 4 is 43.6 Å². The van der Waals surface area contributed by atoms with E-state index < -0.39 is 35.2 Å². The summed E-state index contributed by atoms with van der Waals surface area (Å²) in [5.41, 5.74) is -0.593. The summed E-state index contributed by atoms with van der Waals surface area (Å²) >= 11 is 0. The van der Waals surface area contributed by atoms with Gasteiger partial charge in [0.1, 0.15) is 0 Å². The summed E-state index contributed by atoms with van der Waals surface area (Å²) in [4.78, 5) is 0. The van der Waals surface area contributed by atoms with Gasteiger partial charge in [0.15, 0.2) is 0 Å². The molecule has 6 aromatic carbocycles. The maximum atomic E-state index is 13.9. The van der Waals surface area contributed by atoms with Gasteiger partial charge in [-0.3, -0.25) is 0 Å². The van der Waals surface area contributed by atoms with Crippen LogP contribution < -0.4 is 0 Å². The lowest BCUT2D eigenvalue weighted by Crippen LogP contribution is -2.07. The van der Waals surface area contributed by atoms with Gasteiger partial charge in [-0.05, 0) is 78.4 Å². The third-order valence-corrected chi connectivity index (χ3v) is 9.22. The van der Waals surface area contributed by atoms with Crippen molar-refractivity contribution in [1.29, 1.82) is 5.26 Å². The van der Waals surface area contributed by atoms with E-state index in [1.807, 2.05) is 0 Å². The SMILES string of the molecule is N#Cc1cc(-n2c3ccccc3c3cc(C(F)(F)F)ccc32)c(-n2c3ccccc3c3cc(C(F)(F)F)ccc32)cc1-c1cccc(C(F)(F)F)c1. The van der Waals surface area contributed by atoms with Crippen molar-refractivity contribution in [3.8, 4) is 28.6 Å². The van der Waals surface area contributed by atoms with Gasteiger partial charge in [-0.25, -0.2) is 0 Å². The maximum absolute atomic E-state index is 13.9. The van der Waals surface area contributed by atoms with E-state index in [-0.39, 0.29) is 38.8 Å². The highest BCUT2D eigenvalue weighted by Crippen LogP contribution is 2.44. The number of nitrogens with zero attached hydrogens (tertiary/aromatic N) is 3. The molecule has 0 fully saturated rings. The fraction of sp³-hybridized carbons (Fsp3) is 0.0750. The first kappa shape index (κ1) is 33.0. The largest absolute Gasteiger partial charge is 0.416 e. The third kappa shape index (κ3) is 5.23. The number of rotatable bonds is 3. The summed E-state index contributed by atoms with van der Waals surface area (Å²) in [5.74, 6) is 0. The molecule has 0 saturated carbocycles. The predicted octanol–water partition coefficient (Wildman–Crippen LogP) is 12.5. The second kappa shape index (κ2) is 11.4. The van der Waals surface area contributed by atoms with Crippen LogP contribution in [0.1, 0.15) is 22.3 Å². The van der Waals surface area contributed by atoms with Crippen LogP contribution in [0.3, 0.4) is 0 Å². The van der Waals surface area contributed by atoms with E-state index in [2.05, 4.69) is 6.07 Å². The number of fused-ring (bicyclic) bond motifs is 6. The fourth-order valence-corrected chi connectivity index (χ4v) is 6.95. The Morgan fingerprint density at radius 3 is 1.35 bits per heavy atom. The quantitative estimate of drug-likeness (QED) is 0.168. The number of benzene rings is 6. The molecule has 2 heterocycles. The van der Waals surface area contributed by atoms with E-state index in [9.17, 15) is 44.8 Å². The molecular formula is C40H20F9N3. The van der Waals surface area contributed by atoms with Crippen LogP contribution in [0.4, 0.5) is 39.5 Å². The molecule has 0 aliphatic rings. The summed E-state index contributed by atoms with van der Waals surface area (Å²) in [6, 6.07) is 29.3. The number of hydrogen-bond donors (Lipinski definition) is 0. The average Bonchev–Trinajstić information content (AvgIpc) is 3.62. The standard InChI is InChI=1S/C40H20F9N3/c41-38(42,43)24-7-5-6-22(16-24)29-20-37(52-33-11-4-2-9-28(33)31-19-26(40(47,48)49)13-15-35(31)52)36(17-23(29)21-50)51-32-10-3-1-8-27(32)30-18-25(39(44,45)46)12-14-34(30)51/h1-20H. The Morgan fingerprint density at radius 1 is 0.423 bits per heavy atom. The Balaban J connectivity index is 1.54. The molecule has 0 saturated heterocycles. The zero-order chi connectivity index (χ0) is 36.7. The number of halogens is 9. The minimum Gasteiger partial charge on any atom is -0.307 e. The van der Waals surface area contributed by atoms with Crippen molar-refractivity contribution in [3.05, 3.63) is 144 Å². The van der Waals surface area contributed by atoms with Crippen LogP contribution in [0.15, 0.2) is 121 Å². The van der Waals surface area contributed by atoms with Gasteiger partial charge in [0, 0.05) is 27.1 Å². The molecule has 0 spiro atoms. The van der Waals surface area contributed by atoms with Gasteiger partial charge in [0.2, 0.25) is 0 Å². The first-order chi connectivity index (χ1) is 24.6. The van der Waals surface area contributed by atoms with E-state index in [0.29, 0.717) is 32.8 Å². The molecule has 0 aliphatic heterocycles. The maximum Gasteiger partial charge on any atom is 0.416 e. The van der Waals surface area contributed by atoms with E-state index in [1.54, 1.807) is 57.7 Å². The van der Waals surface area contributed by atoms with Crippen molar-refractivity contribution < 1.29 is 39.5 Å². The highest BCUT2D eigenvalue weighted by atomic mass is 19.4. The topological polar surface area (TPSA) is 33.6 Å². The van der Waals surface area contributed by atoms with Crippen LogP contribution in [-0.4, -0.2) is 9.13 Å². The first-order valence-electron chi connectivity index (χ1n) is 15.6. The summed E-state index contributed by atoms with van der Waals surface area (Å²) in [6.07, 6.45) is -14.0. The third-order valence-electron chi connectivity index (χ3n) is 9.22. The number of hydrogen-bond acceptors (Lipinski definition) is 1. The lowest BCUT2D eigenvalue weighted by Gasteiger charge is -2.20. The average molecular weight is 714 g/mol. The van der Waals surface area contributed by atoms with Gasteiger partial charge >= 0.3 is 18.5 Å². The molecule has 0 radical (unpaired) electrons.